The largest absolute Gasteiger partial charge is 0.341 e. The van der Waals surface area contributed by atoms with Crippen LogP contribution in [0.2, 0.25) is 0 Å². The van der Waals surface area contributed by atoms with Gasteiger partial charge in [-0.15, -0.1) is 0 Å². The zero-order valence-electron chi connectivity index (χ0n) is 15.5. The summed E-state index contributed by atoms with van der Waals surface area (Å²) in [4.78, 5) is 14.5. The van der Waals surface area contributed by atoms with Gasteiger partial charge in [-0.3, -0.25) is 4.79 Å². The van der Waals surface area contributed by atoms with Crippen molar-refractivity contribution in [3.8, 4) is 0 Å². The molecule has 1 heterocycles. The number of hydrogen-bond acceptors (Lipinski definition) is 3. The second-order valence-electron chi connectivity index (χ2n) is 6.94. The molecule has 0 N–H and O–H groups in total. The Labute approximate surface area is 173 Å². The molecule has 150 valence electrons. The van der Waals surface area contributed by atoms with Gasteiger partial charge in [-0.25, -0.2) is 12.8 Å². The van der Waals surface area contributed by atoms with E-state index < -0.39 is 15.9 Å². The Morgan fingerprint density at radius 1 is 1.21 bits per heavy atom. The van der Waals surface area contributed by atoms with Crippen LogP contribution in [0.5, 0.6) is 0 Å². The Balaban J connectivity index is 1.71. The van der Waals surface area contributed by atoms with Crippen LogP contribution in [0.4, 0.5) is 4.39 Å². The number of piperidine rings is 1. The number of hydrogen-bond donors (Lipinski definition) is 0. The number of sulfonamides is 1. The maximum absolute atomic E-state index is 13.9. The number of benzene rings is 2. The number of amides is 1. The van der Waals surface area contributed by atoms with E-state index in [0.717, 1.165) is 4.47 Å². The Morgan fingerprint density at radius 3 is 2.57 bits per heavy atom. The molecule has 1 aliphatic heterocycles. The molecule has 0 bridgehead atoms. The van der Waals surface area contributed by atoms with Crippen molar-refractivity contribution in [2.75, 3.05) is 20.1 Å². The highest BCUT2D eigenvalue weighted by molar-refractivity contribution is 9.10. The smallest absolute Gasteiger partial charge is 0.243 e. The van der Waals surface area contributed by atoms with Gasteiger partial charge >= 0.3 is 0 Å². The van der Waals surface area contributed by atoms with Crippen molar-refractivity contribution in [3.63, 3.8) is 0 Å². The van der Waals surface area contributed by atoms with E-state index in [1.54, 1.807) is 49.5 Å². The lowest BCUT2D eigenvalue weighted by Gasteiger charge is -2.33. The molecule has 0 radical (unpaired) electrons. The van der Waals surface area contributed by atoms with E-state index in [1.807, 2.05) is 0 Å². The van der Waals surface area contributed by atoms with Gasteiger partial charge in [0.05, 0.1) is 10.8 Å². The van der Waals surface area contributed by atoms with Gasteiger partial charge in [0.15, 0.2) is 0 Å². The third-order valence-corrected chi connectivity index (χ3v) is 7.33. The van der Waals surface area contributed by atoms with Crippen molar-refractivity contribution in [2.45, 2.75) is 24.3 Å². The number of halogens is 2. The van der Waals surface area contributed by atoms with Crippen LogP contribution in [0.1, 0.15) is 18.4 Å². The summed E-state index contributed by atoms with van der Waals surface area (Å²) in [6.45, 7) is 0.680. The van der Waals surface area contributed by atoms with E-state index in [-0.39, 0.29) is 29.7 Å². The summed E-state index contributed by atoms with van der Waals surface area (Å²) in [6.07, 6.45) is 1.23. The van der Waals surface area contributed by atoms with Gasteiger partial charge in [-0.1, -0.05) is 34.1 Å². The molecule has 2 aromatic rings. The summed E-state index contributed by atoms with van der Waals surface area (Å²) < 4.78 is 41.9. The fraction of sp³-hybridized carbons (Fsp3) is 0.350. The van der Waals surface area contributed by atoms with Gasteiger partial charge in [0.25, 0.3) is 0 Å². The number of rotatable bonds is 5. The minimum Gasteiger partial charge on any atom is -0.341 e. The highest BCUT2D eigenvalue weighted by Crippen LogP contribution is 2.26. The SMILES string of the molecule is CN(Cc1ccccc1F)C(=O)[C@@H]1CCCN(S(=O)(=O)c2ccc(Br)cc2)C1. The molecule has 1 amide bonds. The quantitative estimate of drug-likeness (QED) is 0.672. The molecule has 1 fully saturated rings. The second-order valence-corrected chi connectivity index (χ2v) is 9.80. The zero-order valence-corrected chi connectivity index (χ0v) is 17.9. The predicted octanol–water partition coefficient (Wildman–Crippen LogP) is 3.65. The molecule has 8 heteroatoms. The maximum Gasteiger partial charge on any atom is 0.243 e. The molecule has 1 aliphatic rings. The molecule has 0 aromatic heterocycles. The number of carbonyl (C=O) groups excluding carboxylic acids is 1. The van der Waals surface area contributed by atoms with Gasteiger partial charge in [-0.2, -0.15) is 4.31 Å². The first-order chi connectivity index (χ1) is 13.3. The molecule has 1 saturated heterocycles. The first-order valence-corrected chi connectivity index (χ1v) is 11.3. The lowest BCUT2D eigenvalue weighted by molar-refractivity contribution is -0.135. The Bertz CT molecular complexity index is 950. The van der Waals surface area contributed by atoms with Crippen LogP contribution in [0.15, 0.2) is 57.9 Å². The first kappa shape index (κ1) is 21.0. The Hall–Kier alpha value is -1.77. The first-order valence-electron chi connectivity index (χ1n) is 9.03. The van der Waals surface area contributed by atoms with Crippen molar-refractivity contribution in [3.05, 3.63) is 64.4 Å². The van der Waals surface area contributed by atoms with E-state index in [4.69, 9.17) is 0 Å². The summed E-state index contributed by atoms with van der Waals surface area (Å²) in [7, 11) is -2.03. The summed E-state index contributed by atoms with van der Waals surface area (Å²) in [5.41, 5.74) is 0.438. The minimum absolute atomic E-state index is 0.138. The molecule has 5 nitrogen and oxygen atoms in total. The topological polar surface area (TPSA) is 57.7 Å². The van der Waals surface area contributed by atoms with Crippen molar-refractivity contribution >= 4 is 31.9 Å². The van der Waals surface area contributed by atoms with Gasteiger partial charge in [0.2, 0.25) is 15.9 Å². The monoisotopic (exact) mass is 468 g/mol. The highest BCUT2D eigenvalue weighted by atomic mass is 79.9. The maximum atomic E-state index is 13.9. The van der Waals surface area contributed by atoms with E-state index in [2.05, 4.69) is 15.9 Å². The summed E-state index contributed by atoms with van der Waals surface area (Å²) in [6, 6.07) is 12.8. The van der Waals surface area contributed by atoms with E-state index in [1.165, 1.54) is 15.3 Å². The Morgan fingerprint density at radius 2 is 1.89 bits per heavy atom. The number of carbonyl (C=O) groups is 1. The fourth-order valence-electron chi connectivity index (χ4n) is 3.39. The molecular weight excluding hydrogens is 447 g/mol. The van der Waals surface area contributed by atoms with Crippen LogP contribution < -0.4 is 0 Å². The van der Waals surface area contributed by atoms with E-state index in [0.29, 0.717) is 24.9 Å². The molecule has 28 heavy (non-hydrogen) atoms. The van der Waals surface area contributed by atoms with Crippen molar-refractivity contribution < 1.29 is 17.6 Å². The van der Waals surface area contributed by atoms with E-state index >= 15 is 0 Å². The third-order valence-electron chi connectivity index (χ3n) is 4.93. The second kappa shape index (κ2) is 8.71. The lowest BCUT2D eigenvalue weighted by Crippen LogP contribution is -2.45. The highest BCUT2D eigenvalue weighted by Gasteiger charge is 2.34. The summed E-state index contributed by atoms with van der Waals surface area (Å²) in [5.74, 6) is -0.958. The van der Waals surface area contributed by atoms with Crippen molar-refractivity contribution in [1.29, 1.82) is 0 Å². The number of nitrogens with zero attached hydrogens (tertiary/aromatic N) is 2. The summed E-state index contributed by atoms with van der Waals surface area (Å²) in [5, 5.41) is 0. The third kappa shape index (κ3) is 4.61. The van der Waals surface area contributed by atoms with Crippen LogP contribution in [0.3, 0.4) is 0 Å². The van der Waals surface area contributed by atoms with Gasteiger partial charge in [0, 0.05) is 36.7 Å². The molecular formula is C20H22BrFN2O3S. The molecule has 0 saturated carbocycles. The minimum atomic E-state index is -3.65. The molecule has 1 atom stereocenters. The van der Waals surface area contributed by atoms with Crippen molar-refractivity contribution in [2.24, 2.45) is 5.92 Å². The molecule has 0 spiro atoms. The van der Waals surface area contributed by atoms with Gasteiger partial charge in [-0.05, 0) is 43.2 Å². The molecule has 0 aliphatic carbocycles. The standard InChI is InChI=1S/C20H22BrFN2O3S/c1-23(13-15-5-2-3-7-19(15)22)20(25)16-6-4-12-24(14-16)28(26,27)18-10-8-17(21)9-11-18/h2-3,5,7-11,16H,4,6,12-14H2,1H3/t16-/m1/s1. The molecule has 0 unspecified atom stereocenters. The Kier molecular flexibility index (Phi) is 6.52. The molecule has 2 aromatic carbocycles. The zero-order chi connectivity index (χ0) is 20.3. The molecule has 3 rings (SSSR count). The average molecular weight is 469 g/mol. The van der Waals surface area contributed by atoms with Crippen LogP contribution >= 0.6 is 15.9 Å². The predicted molar refractivity (Wildman–Crippen MR) is 108 cm³/mol. The van der Waals surface area contributed by atoms with Crippen LogP contribution in [0.25, 0.3) is 0 Å². The van der Waals surface area contributed by atoms with Gasteiger partial charge < -0.3 is 4.90 Å². The van der Waals surface area contributed by atoms with Gasteiger partial charge in [0.1, 0.15) is 5.82 Å². The van der Waals surface area contributed by atoms with E-state index in [9.17, 15) is 17.6 Å². The normalized spacial score (nSPS) is 18.0. The fourth-order valence-corrected chi connectivity index (χ4v) is 5.18. The van der Waals surface area contributed by atoms with Crippen molar-refractivity contribution in [1.82, 2.24) is 9.21 Å². The summed E-state index contributed by atoms with van der Waals surface area (Å²) >= 11 is 3.30. The van der Waals surface area contributed by atoms with Crippen LogP contribution in [-0.4, -0.2) is 43.7 Å². The van der Waals surface area contributed by atoms with Crippen LogP contribution in [0, 0.1) is 11.7 Å². The van der Waals surface area contributed by atoms with Crippen LogP contribution in [-0.2, 0) is 21.4 Å². The lowest BCUT2D eigenvalue weighted by atomic mass is 9.98. The average Bonchev–Trinajstić information content (AvgIpc) is 2.69.